The number of nitrogens with zero attached hydrogens (tertiary/aromatic N) is 1. The number of carbonyl (C=O) groups is 3. The number of carboxylic acids is 1. The molecule has 0 aromatic rings. The predicted molar refractivity (Wildman–Crippen MR) is 56.0 cm³/mol. The van der Waals surface area contributed by atoms with Crippen LogP contribution in [0.4, 0.5) is 13.2 Å². The molecule has 0 bridgehead atoms. The number of amides is 2. The van der Waals surface area contributed by atoms with Crippen LogP contribution in [0.15, 0.2) is 0 Å². The lowest BCUT2D eigenvalue weighted by molar-refractivity contribution is -0.175. The van der Waals surface area contributed by atoms with Gasteiger partial charge in [-0.05, 0) is 19.8 Å². The van der Waals surface area contributed by atoms with Crippen LogP contribution in [0.2, 0.25) is 0 Å². The van der Waals surface area contributed by atoms with Crippen molar-refractivity contribution in [2.24, 2.45) is 0 Å². The first-order valence-corrected chi connectivity index (χ1v) is 5.55. The SMILES string of the molecule is C[C@H](NC(=O)C(F)(F)F)C(=O)N1CCC[C@H]1C(=O)O. The maximum Gasteiger partial charge on any atom is 0.471 e. The standard InChI is InChI=1S/C10H13F3N2O4/c1-5(14-9(19)10(11,12)13)7(16)15-4-2-3-6(15)8(17)18/h5-6H,2-4H2,1H3,(H,14,19)(H,17,18)/t5-,6-/m0/s1. The molecule has 19 heavy (non-hydrogen) atoms. The highest BCUT2D eigenvalue weighted by atomic mass is 19.4. The summed E-state index contributed by atoms with van der Waals surface area (Å²) >= 11 is 0. The first kappa shape index (κ1) is 15.3. The van der Waals surface area contributed by atoms with Crippen LogP contribution in [0.25, 0.3) is 0 Å². The Morgan fingerprint density at radius 3 is 2.42 bits per heavy atom. The minimum absolute atomic E-state index is 0.155. The summed E-state index contributed by atoms with van der Waals surface area (Å²) in [5.41, 5.74) is 0. The molecule has 1 aliphatic heterocycles. The van der Waals surface area contributed by atoms with Gasteiger partial charge in [0.05, 0.1) is 0 Å². The fraction of sp³-hybridized carbons (Fsp3) is 0.700. The van der Waals surface area contributed by atoms with Crippen molar-refractivity contribution in [2.75, 3.05) is 6.54 Å². The first-order valence-electron chi connectivity index (χ1n) is 5.55. The van der Waals surface area contributed by atoms with E-state index in [0.29, 0.717) is 6.42 Å². The highest BCUT2D eigenvalue weighted by Crippen LogP contribution is 2.19. The summed E-state index contributed by atoms with van der Waals surface area (Å²) in [6.07, 6.45) is -4.37. The Hall–Kier alpha value is -1.80. The van der Waals surface area contributed by atoms with E-state index < -0.39 is 36.0 Å². The van der Waals surface area contributed by atoms with Gasteiger partial charge in [-0.1, -0.05) is 0 Å². The second-order valence-electron chi connectivity index (χ2n) is 4.22. The van der Waals surface area contributed by atoms with Gasteiger partial charge in [-0.3, -0.25) is 9.59 Å². The summed E-state index contributed by atoms with van der Waals surface area (Å²) in [4.78, 5) is 34.3. The van der Waals surface area contributed by atoms with E-state index in [1.807, 2.05) is 0 Å². The van der Waals surface area contributed by atoms with Crippen LogP contribution in [0, 0.1) is 0 Å². The van der Waals surface area contributed by atoms with Crippen molar-refractivity contribution < 1.29 is 32.7 Å². The van der Waals surface area contributed by atoms with Gasteiger partial charge in [0, 0.05) is 6.54 Å². The quantitative estimate of drug-likeness (QED) is 0.770. The lowest BCUT2D eigenvalue weighted by Gasteiger charge is -2.25. The number of hydrogen-bond acceptors (Lipinski definition) is 3. The number of hydrogen-bond donors (Lipinski definition) is 2. The second-order valence-corrected chi connectivity index (χ2v) is 4.22. The minimum Gasteiger partial charge on any atom is -0.480 e. The highest BCUT2D eigenvalue weighted by Gasteiger charge is 2.42. The fourth-order valence-corrected chi connectivity index (χ4v) is 1.88. The molecule has 1 saturated heterocycles. The molecule has 2 N–H and O–H groups in total. The Balaban J connectivity index is 2.67. The van der Waals surface area contributed by atoms with Crippen molar-refractivity contribution in [3.63, 3.8) is 0 Å². The Kier molecular flexibility index (Phi) is 4.38. The molecule has 1 fully saturated rings. The zero-order valence-corrected chi connectivity index (χ0v) is 10.0. The molecule has 1 aliphatic rings. The molecule has 2 amide bonds. The number of alkyl halides is 3. The molecule has 9 heteroatoms. The van der Waals surface area contributed by atoms with Gasteiger partial charge in [-0.2, -0.15) is 13.2 Å². The van der Waals surface area contributed by atoms with Crippen LogP contribution in [0.5, 0.6) is 0 Å². The largest absolute Gasteiger partial charge is 0.480 e. The van der Waals surface area contributed by atoms with Gasteiger partial charge in [0.25, 0.3) is 0 Å². The van der Waals surface area contributed by atoms with Crippen molar-refractivity contribution in [3.8, 4) is 0 Å². The molecule has 0 aromatic heterocycles. The fourth-order valence-electron chi connectivity index (χ4n) is 1.88. The van der Waals surface area contributed by atoms with E-state index in [0.717, 1.165) is 11.8 Å². The molecule has 0 aromatic carbocycles. The number of aliphatic carboxylic acids is 1. The van der Waals surface area contributed by atoms with Crippen molar-refractivity contribution in [2.45, 2.75) is 38.0 Å². The third kappa shape index (κ3) is 3.58. The van der Waals surface area contributed by atoms with Gasteiger partial charge in [-0.15, -0.1) is 0 Å². The second kappa shape index (κ2) is 5.45. The van der Waals surface area contributed by atoms with Crippen LogP contribution in [0.1, 0.15) is 19.8 Å². The third-order valence-electron chi connectivity index (χ3n) is 2.80. The van der Waals surface area contributed by atoms with E-state index in [2.05, 4.69) is 0 Å². The molecular formula is C10H13F3N2O4. The molecule has 0 aliphatic carbocycles. The Labute approximate surface area is 106 Å². The van der Waals surface area contributed by atoms with Crippen molar-refractivity contribution in [1.29, 1.82) is 0 Å². The van der Waals surface area contributed by atoms with Gasteiger partial charge in [0.15, 0.2) is 0 Å². The molecule has 0 spiro atoms. The van der Waals surface area contributed by atoms with Gasteiger partial charge in [0.1, 0.15) is 12.1 Å². The Morgan fingerprint density at radius 1 is 1.37 bits per heavy atom. The van der Waals surface area contributed by atoms with Gasteiger partial charge >= 0.3 is 18.1 Å². The van der Waals surface area contributed by atoms with E-state index in [9.17, 15) is 27.6 Å². The number of rotatable bonds is 3. The van der Waals surface area contributed by atoms with Crippen molar-refractivity contribution in [3.05, 3.63) is 0 Å². The summed E-state index contributed by atoms with van der Waals surface area (Å²) in [6, 6.07) is -2.47. The molecule has 6 nitrogen and oxygen atoms in total. The van der Waals surface area contributed by atoms with Gasteiger partial charge in [-0.25, -0.2) is 4.79 Å². The number of nitrogens with one attached hydrogen (secondary N) is 1. The predicted octanol–water partition coefficient (Wildman–Crippen LogP) is 0.129. The highest BCUT2D eigenvalue weighted by molar-refractivity contribution is 5.91. The van der Waals surface area contributed by atoms with Gasteiger partial charge in [0.2, 0.25) is 5.91 Å². The van der Waals surface area contributed by atoms with Crippen molar-refractivity contribution in [1.82, 2.24) is 10.2 Å². The van der Waals surface area contributed by atoms with Crippen LogP contribution in [-0.2, 0) is 14.4 Å². The molecular weight excluding hydrogens is 269 g/mol. The number of carbonyl (C=O) groups excluding carboxylic acids is 2. The molecule has 1 rings (SSSR count). The summed E-state index contributed by atoms with van der Waals surface area (Å²) in [5, 5.41) is 10.4. The average molecular weight is 282 g/mol. The summed E-state index contributed by atoms with van der Waals surface area (Å²) < 4.78 is 36.1. The van der Waals surface area contributed by atoms with Crippen LogP contribution in [0.3, 0.4) is 0 Å². The smallest absolute Gasteiger partial charge is 0.471 e. The molecule has 108 valence electrons. The lowest BCUT2D eigenvalue weighted by Crippen LogP contribution is -2.52. The molecule has 2 atom stereocenters. The van der Waals surface area contributed by atoms with E-state index >= 15 is 0 Å². The number of likely N-dealkylation sites (tertiary alicyclic amines) is 1. The average Bonchev–Trinajstić information content (AvgIpc) is 2.75. The molecule has 0 saturated carbocycles. The monoisotopic (exact) mass is 282 g/mol. The van der Waals surface area contributed by atoms with Crippen LogP contribution in [-0.4, -0.2) is 52.6 Å². The van der Waals surface area contributed by atoms with Crippen LogP contribution >= 0.6 is 0 Å². The Morgan fingerprint density at radius 2 is 1.95 bits per heavy atom. The van der Waals surface area contributed by atoms with Crippen LogP contribution < -0.4 is 5.32 Å². The molecule has 0 radical (unpaired) electrons. The van der Waals surface area contributed by atoms with Crippen molar-refractivity contribution >= 4 is 17.8 Å². The third-order valence-corrected chi connectivity index (χ3v) is 2.80. The zero-order chi connectivity index (χ0) is 14.8. The summed E-state index contributed by atoms with van der Waals surface area (Å²) in [7, 11) is 0. The van der Waals surface area contributed by atoms with E-state index in [-0.39, 0.29) is 13.0 Å². The minimum atomic E-state index is -5.08. The Bertz CT molecular complexity index is 397. The van der Waals surface area contributed by atoms with E-state index in [1.54, 1.807) is 0 Å². The van der Waals surface area contributed by atoms with E-state index in [4.69, 9.17) is 5.11 Å². The molecule has 0 unspecified atom stereocenters. The summed E-state index contributed by atoms with van der Waals surface area (Å²) in [6.45, 7) is 1.24. The zero-order valence-electron chi connectivity index (χ0n) is 10.0. The maximum atomic E-state index is 12.0. The van der Waals surface area contributed by atoms with E-state index in [1.165, 1.54) is 5.32 Å². The lowest BCUT2D eigenvalue weighted by atomic mass is 10.2. The first-order chi connectivity index (χ1) is 8.64. The summed E-state index contributed by atoms with van der Waals surface area (Å²) in [5.74, 6) is -4.26. The topological polar surface area (TPSA) is 86.7 Å². The number of halogens is 3. The van der Waals surface area contributed by atoms with Gasteiger partial charge < -0.3 is 15.3 Å². The molecule has 1 heterocycles. The normalized spacial score (nSPS) is 21.1. The number of carboxylic acid groups (broad SMARTS) is 1. The maximum absolute atomic E-state index is 12.0.